The number of halogens is 4. The molecule has 0 fully saturated rings. The molecule has 1 aromatic heterocycles. The third-order valence-corrected chi connectivity index (χ3v) is 2.10. The summed E-state index contributed by atoms with van der Waals surface area (Å²) in [4.78, 5) is 3.14. The van der Waals surface area contributed by atoms with Gasteiger partial charge >= 0.3 is 6.18 Å². The van der Waals surface area contributed by atoms with Crippen molar-refractivity contribution in [1.29, 1.82) is 0 Å². The highest BCUT2D eigenvalue weighted by atomic mass is 35.5. The molecule has 4 nitrogen and oxygen atoms in total. The lowest BCUT2D eigenvalue weighted by atomic mass is 10.2. The Morgan fingerprint density at radius 3 is 2.53 bits per heavy atom. The summed E-state index contributed by atoms with van der Waals surface area (Å²) in [5, 5.41) is 12.5. The molecule has 0 aliphatic rings. The van der Waals surface area contributed by atoms with Gasteiger partial charge in [0.2, 0.25) is 0 Å². The maximum Gasteiger partial charge on any atom is 0.455 e. The van der Waals surface area contributed by atoms with Gasteiger partial charge in [-0.15, -0.1) is 0 Å². The fourth-order valence-corrected chi connectivity index (χ4v) is 1.30. The van der Waals surface area contributed by atoms with E-state index >= 15 is 0 Å². The third-order valence-electron chi connectivity index (χ3n) is 1.87. The molecule has 0 amide bonds. The Labute approximate surface area is 97.6 Å². The minimum absolute atomic E-state index is 0.0163. The summed E-state index contributed by atoms with van der Waals surface area (Å²) >= 11 is 5.58. The van der Waals surface area contributed by atoms with E-state index in [1.807, 2.05) is 0 Å². The van der Waals surface area contributed by atoms with Gasteiger partial charge in [-0.2, -0.15) is 18.2 Å². The first kappa shape index (κ1) is 11.7. The number of benzene rings is 1. The van der Waals surface area contributed by atoms with Gasteiger partial charge in [-0.3, -0.25) is 0 Å². The standard InChI is InChI=1S/C9H4ClF3N2O2/c10-4-1-2-5(6(16)3-4)7-14-8(15-17-7)9(11,12)13/h1-3,16H. The van der Waals surface area contributed by atoms with E-state index in [-0.39, 0.29) is 16.3 Å². The first-order valence-electron chi connectivity index (χ1n) is 4.28. The molecular weight excluding hydrogens is 261 g/mol. The maximum absolute atomic E-state index is 12.2. The molecule has 0 unspecified atom stereocenters. The highest BCUT2D eigenvalue weighted by Gasteiger charge is 2.37. The summed E-state index contributed by atoms with van der Waals surface area (Å²) in [7, 11) is 0. The summed E-state index contributed by atoms with van der Waals surface area (Å²) in [5.41, 5.74) is -0.0163. The highest BCUT2D eigenvalue weighted by molar-refractivity contribution is 6.30. The summed E-state index contributed by atoms with van der Waals surface area (Å²) < 4.78 is 41.1. The van der Waals surface area contributed by atoms with Crippen molar-refractivity contribution in [2.75, 3.05) is 0 Å². The third kappa shape index (κ3) is 2.33. The second kappa shape index (κ2) is 3.92. The Balaban J connectivity index is 2.44. The molecule has 0 aliphatic carbocycles. The Morgan fingerprint density at radius 1 is 1.29 bits per heavy atom. The topological polar surface area (TPSA) is 59.2 Å². The summed E-state index contributed by atoms with van der Waals surface area (Å²) in [6.45, 7) is 0. The molecule has 0 bridgehead atoms. The summed E-state index contributed by atoms with van der Waals surface area (Å²) in [6, 6.07) is 3.83. The molecule has 0 atom stereocenters. The molecule has 8 heteroatoms. The van der Waals surface area contributed by atoms with Crippen LogP contribution in [0.3, 0.4) is 0 Å². The van der Waals surface area contributed by atoms with E-state index in [4.69, 9.17) is 11.6 Å². The predicted octanol–water partition coefficient (Wildman–Crippen LogP) is 3.11. The van der Waals surface area contributed by atoms with Crippen LogP contribution in [0.5, 0.6) is 5.75 Å². The van der Waals surface area contributed by atoms with Gasteiger partial charge in [0.25, 0.3) is 11.7 Å². The molecule has 17 heavy (non-hydrogen) atoms. The average molecular weight is 265 g/mol. The Kier molecular flexibility index (Phi) is 2.70. The quantitative estimate of drug-likeness (QED) is 0.860. The maximum atomic E-state index is 12.2. The number of hydrogen-bond donors (Lipinski definition) is 1. The number of alkyl halides is 3. The highest BCUT2D eigenvalue weighted by Crippen LogP contribution is 2.33. The van der Waals surface area contributed by atoms with Crippen molar-refractivity contribution >= 4 is 11.6 Å². The van der Waals surface area contributed by atoms with Crippen molar-refractivity contribution in [3.63, 3.8) is 0 Å². The molecule has 1 N–H and O–H groups in total. The smallest absolute Gasteiger partial charge is 0.455 e. The molecule has 0 spiro atoms. The lowest BCUT2D eigenvalue weighted by molar-refractivity contribution is -0.146. The zero-order valence-corrected chi connectivity index (χ0v) is 8.75. The monoisotopic (exact) mass is 264 g/mol. The van der Waals surface area contributed by atoms with Crippen molar-refractivity contribution in [3.8, 4) is 17.2 Å². The van der Waals surface area contributed by atoms with Gasteiger partial charge in [0.15, 0.2) is 0 Å². The Morgan fingerprint density at radius 2 is 2.00 bits per heavy atom. The zero-order valence-electron chi connectivity index (χ0n) is 7.99. The first-order valence-corrected chi connectivity index (χ1v) is 4.65. The molecule has 0 aliphatic heterocycles. The van der Waals surface area contributed by atoms with Gasteiger partial charge in [-0.05, 0) is 18.2 Å². The zero-order chi connectivity index (χ0) is 12.6. The molecule has 0 saturated carbocycles. The number of rotatable bonds is 1. The van der Waals surface area contributed by atoms with E-state index in [0.29, 0.717) is 0 Å². The Hall–Kier alpha value is -1.76. The van der Waals surface area contributed by atoms with Crippen LogP contribution < -0.4 is 0 Å². The van der Waals surface area contributed by atoms with E-state index in [1.54, 1.807) is 0 Å². The van der Waals surface area contributed by atoms with Crippen LogP contribution in [0.25, 0.3) is 11.5 Å². The van der Waals surface area contributed by atoms with Gasteiger partial charge in [0, 0.05) is 5.02 Å². The molecule has 2 rings (SSSR count). The van der Waals surface area contributed by atoms with Crippen LogP contribution in [0.1, 0.15) is 5.82 Å². The number of phenolic OH excluding ortho intramolecular Hbond substituents is 1. The van der Waals surface area contributed by atoms with Crippen molar-refractivity contribution in [2.24, 2.45) is 0 Å². The average Bonchev–Trinajstić information content (AvgIpc) is 2.65. The normalized spacial score (nSPS) is 11.8. The summed E-state index contributed by atoms with van der Waals surface area (Å²) in [5.74, 6) is -2.16. The van der Waals surface area contributed by atoms with E-state index in [0.717, 1.165) is 6.07 Å². The number of aromatic nitrogens is 2. The van der Waals surface area contributed by atoms with Crippen LogP contribution in [0.4, 0.5) is 13.2 Å². The van der Waals surface area contributed by atoms with Gasteiger partial charge in [0.1, 0.15) is 5.75 Å². The van der Waals surface area contributed by atoms with Crippen LogP contribution in [-0.2, 0) is 6.18 Å². The van der Waals surface area contributed by atoms with Gasteiger partial charge < -0.3 is 9.63 Å². The van der Waals surface area contributed by atoms with Crippen LogP contribution in [0, 0.1) is 0 Å². The van der Waals surface area contributed by atoms with E-state index in [1.165, 1.54) is 12.1 Å². The van der Waals surface area contributed by atoms with Crippen LogP contribution in [0.2, 0.25) is 5.02 Å². The first-order chi connectivity index (χ1) is 7.88. The van der Waals surface area contributed by atoms with Crippen LogP contribution in [-0.4, -0.2) is 15.2 Å². The molecule has 1 aromatic carbocycles. The fraction of sp³-hybridized carbons (Fsp3) is 0.111. The molecule has 2 aromatic rings. The minimum atomic E-state index is -4.69. The van der Waals surface area contributed by atoms with E-state index in [9.17, 15) is 18.3 Å². The lowest BCUT2D eigenvalue weighted by Crippen LogP contribution is -2.07. The molecule has 0 radical (unpaired) electrons. The molecule has 90 valence electrons. The van der Waals surface area contributed by atoms with E-state index in [2.05, 4.69) is 14.7 Å². The van der Waals surface area contributed by atoms with Crippen LogP contribution in [0.15, 0.2) is 22.7 Å². The Bertz CT molecular complexity index is 553. The van der Waals surface area contributed by atoms with Crippen molar-refractivity contribution < 1.29 is 22.8 Å². The predicted molar refractivity (Wildman–Crippen MR) is 51.4 cm³/mol. The van der Waals surface area contributed by atoms with Crippen molar-refractivity contribution in [3.05, 3.63) is 29.0 Å². The molecular formula is C9H4ClF3N2O2. The lowest BCUT2D eigenvalue weighted by Gasteiger charge is -1.99. The fourth-order valence-electron chi connectivity index (χ4n) is 1.13. The van der Waals surface area contributed by atoms with Gasteiger partial charge in [-0.25, -0.2) is 0 Å². The van der Waals surface area contributed by atoms with Gasteiger partial charge in [-0.1, -0.05) is 16.8 Å². The number of nitrogens with zero attached hydrogens (tertiary/aromatic N) is 2. The van der Waals surface area contributed by atoms with E-state index < -0.39 is 17.9 Å². The second-order valence-electron chi connectivity index (χ2n) is 3.08. The molecule has 1 heterocycles. The SMILES string of the molecule is Oc1cc(Cl)ccc1-c1nc(C(F)(F)F)no1. The number of aromatic hydroxyl groups is 1. The van der Waals surface area contributed by atoms with Crippen LogP contribution >= 0.6 is 11.6 Å². The van der Waals surface area contributed by atoms with Gasteiger partial charge in [0.05, 0.1) is 5.56 Å². The summed E-state index contributed by atoms with van der Waals surface area (Å²) in [6.07, 6.45) is -4.69. The number of phenols is 1. The van der Waals surface area contributed by atoms with Crippen molar-refractivity contribution in [1.82, 2.24) is 10.1 Å². The van der Waals surface area contributed by atoms with Crippen molar-refractivity contribution in [2.45, 2.75) is 6.18 Å². The largest absolute Gasteiger partial charge is 0.507 e. The minimum Gasteiger partial charge on any atom is -0.507 e. The second-order valence-corrected chi connectivity index (χ2v) is 3.52. The molecule has 0 saturated heterocycles. The number of hydrogen-bond acceptors (Lipinski definition) is 4.